The maximum absolute atomic E-state index is 12.6. The summed E-state index contributed by atoms with van der Waals surface area (Å²) < 4.78 is 0. The molecule has 0 aromatic carbocycles. The molecule has 1 amide bonds. The molecule has 1 saturated heterocycles. The molecule has 110 valence electrons. The largest absolute Gasteiger partial charge is 0.333 e. The van der Waals surface area contributed by atoms with Gasteiger partial charge in [-0.2, -0.15) is 0 Å². The number of amides is 1. The molecule has 21 heavy (non-hydrogen) atoms. The Morgan fingerprint density at radius 3 is 3.10 bits per heavy atom. The topological polar surface area (TPSA) is 46.1 Å². The van der Waals surface area contributed by atoms with Gasteiger partial charge in [-0.05, 0) is 37.8 Å². The molecule has 3 rings (SSSR count). The van der Waals surface area contributed by atoms with Gasteiger partial charge in [0.1, 0.15) is 5.01 Å². The van der Waals surface area contributed by atoms with Crippen LogP contribution in [0.4, 0.5) is 0 Å². The van der Waals surface area contributed by atoms with Crippen LogP contribution >= 0.6 is 11.3 Å². The van der Waals surface area contributed by atoms with Crippen molar-refractivity contribution in [3.63, 3.8) is 0 Å². The Balaban J connectivity index is 1.76. The molecule has 0 saturated carbocycles. The smallest absolute Gasteiger partial charge is 0.227 e. The second-order valence-electron chi connectivity index (χ2n) is 5.46. The first-order chi connectivity index (χ1) is 10.2. The minimum atomic E-state index is 0.154. The Morgan fingerprint density at radius 1 is 1.48 bits per heavy atom. The highest BCUT2D eigenvalue weighted by Gasteiger charge is 2.29. The van der Waals surface area contributed by atoms with Crippen molar-refractivity contribution < 1.29 is 4.79 Å². The van der Waals surface area contributed by atoms with Crippen molar-refractivity contribution in [1.29, 1.82) is 0 Å². The van der Waals surface area contributed by atoms with E-state index in [4.69, 9.17) is 0 Å². The van der Waals surface area contributed by atoms with Crippen molar-refractivity contribution in [2.24, 2.45) is 0 Å². The Bertz CT molecular complexity index is 611. The maximum atomic E-state index is 12.6. The van der Waals surface area contributed by atoms with Gasteiger partial charge in [-0.25, -0.2) is 4.98 Å². The van der Waals surface area contributed by atoms with E-state index >= 15 is 0 Å². The first-order valence-corrected chi connectivity index (χ1v) is 8.22. The van der Waals surface area contributed by atoms with Crippen LogP contribution < -0.4 is 0 Å². The molecule has 1 fully saturated rings. The maximum Gasteiger partial charge on any atom is 0.227 e. The van der Waals surface area contributed by atoms with Gasteiger partial charge < -0.3 is 4.90 Å². The fraction of sp³-hybridized carbons (Fsp3) is 0.438. The van der Waals surface area contributed by atoms with Gasteiger partial charge >= 0.3 is 0 Å². The summed E-state index contributed by atoms with van der Waals surface area (Å²) in [6.45, 7) is 2.84. The molecule has 3 heterocycles. The average Bonchev–Trinajstić information content (AvgIpc) is 2.95. The number of hydrogen-bond acceptors (Lipinski definition) is 4. The van der Waals surface area contributed by atoms with E-state index in [0.29, 0.717) is 6.42 Å². The summed E-state index contributed by atoms with van der Waals surface area (Å²) in [5, 5.41) is 3.14. The lowest BCUT2D eigenvalue weighted by atomic mass is 10.0. The monoisotopic (exact) mass is 301 g/mol. The molecule has 5 heteroatoms. The third-order valence-corrected chi connectivity index (χ3v) is 4.89. The summed E-state index contributed by atoms with van der Waals surface area (Å²) in [4.78, 5) is 23.3. The summed E-state index contributed by atoms with van der Waals surface area (Å²) in [6.07, 6.45) is 7.19. The van der Waals surface area contributed by atoms with E-state index in [1.807, 2.05) is 24.0 Å². The zero-order chi connectivity index (χ0) is 14.7. The molecule has 1 aliphatic heterocycles. The number of hydrogen-bond donors (Lipinski definition) is 0. The van der Waals surface area contributed by atoms with E-state index in [1.165, 1.54) is 6.42 Å². The number of rotatable bonds is 3. The van der Waals surface area contributed by atoms with Crippen LogP contribution in [0.1, 0.15) is 41.6 Å². The van der Waals surface area contributed by atoms with Gasteiger partial charge in [-0.15, -0.1) is 11.3 Å². The fourth-order valence-corrected chi connectivity index (χ4v) is 3.73. The summed E-state index contributed by atoms with van der Waals surface area (Å²) in [5.41, 5.74) is 2.02. The second kappa shape index (κ2) is 6.35. The van der Waals surface area contributed by atoms with Crippen LogP contribution in [0.5, 0.6) is 0 Å². The molecule has 0 bridgehead atoms. The zero-order valence-corrected chi connectivity index (χ0v) is 13.0. The molecule has 0 spiro atoms. The molecule has 0 radical (unpaired) electrons. The normalized spacial score (nSPS) is 18.7. The van der Waals surface area contributed by atoms with Crippen LogP contribution in [0.2, 0.25) is 0 Å². The van der Waals surface area contributed by atoms with Crippen LogP contribution in [0.25, 0.3) is 0 Å². The van der Waals surface area contributed by atoms with Gasteiger partial charge in [-0.3, -0.25) is 9.78 Å². The van der Waals surface area contributed by atoms with E-state index in [1.54, 1.807) is 23.7 Å². The molecular weight excluding hydrogens is 282 g/mol. The third kappa shape index (κ3) is 3.29. The number of pyridine rings is 1. The molecule has 0 N–H and O–H groups in total. The minimum absolute atomic E-state index is 0.154. The van der Waals surface area contributed by atoms with Crippen LogP contribution in [-0.4, -0.2) is 27.3 Å². The van der Waals surface area contributed by atoms with E-state index in [0.717, 1.165) is 35.7 Å². The summed E-state index contributed by atoms with van der Waals surface area (Å²) in [6, 6.07) is 3.99. The fourth-order valence-electron chi connectivity index (χ4n) is 2.79. The average molecular weight is 301 g/mol. The number of carbonyl (C=O) groups is 1. The molecule has 2 aromatic heterocycles. The van der Waals surface area contributed by atoms with Crippen LogP contribution in [0.15, 0.2) is 29.9 Å². The molecule has 1 atom stereocenters. The van der Waals surface area contributed by atoms with Crippen molar-refractivity contribution in [2.45, 2.75) is 38.6 Å². The highest BCUT2D eigenvalue weighted by Crippen LogP contribution is 2.33. The molecule has 1 aliphatic rings. The van der Waals surface area contributed by atoms with Crippen molar-refractivity contribution in [3.8, 4) is 0 Å². The van der Waals surface area contributed by atoms with E-state index in [-0.39, 0.29) is 11.9 Å². The Kier molecular flexibility index (Phi) is 4.29. The number of piperidine rings is 1. The highest BCUT2D eigenvalue weighted by molar-refractivity contribution is 7.09. The highest BCUT2D eigenvalue weighted by atomic mass is 32.1. The zero-order valence-electron chi connectivity index (χ0n) is 12.2. The quantitative estimate of drug-likeness (QED) is 0.875. The number of aromatic nitrogens is 2. The van der Waals surface area contributed by atoms with Crippen molar-refractivity contribution in [2.75, 3.05) is 6.54 Å². The van der Waals surface area contributed by atoms with Crippen molar-refractivity contribution >= 4 is 17.2 Å². The predicted molar refractivity (Wildman–Crippen MR) is 83.1 cm³/mol. The van der Waals surface area contributed by atoms with Crippen molar-refractivity contribution in [1.82, 2.24) is 14.9 Å². The standard InChI is InChI=1S/C16H19N3OS/c1-12-11-21-16(18-12)14-6-2-3-8-19(14)15(20)9-13-5-4-7-17-10-13/h4-5,7,10-11,14H,2-3,6,8-9H2,1H3/t14-/m0/s1. The SMILES string of the molecule is Cc1csc([C@@H]2CCCCN2C(=O)Cc2cccnc2)n1. The number of carbonyl (C=O) groups excluding carboxylic acids is 1. The molecule has 0 aliphatic carbocycles. The molecule has 2 aromatic rings. The first kappa shape index (κ1) is 14.2. The number of nitrogens with zero attached hydrogens (tertiary/aromatic N) is 3. The van der Waals surface area contributed by atoms with E-state index in [9.17, 15) is 4.79 Å². The van der Waals surface area contributed by atoms with Crippen LogP contribution in [0.3, 0.4) is 0 Å². The Hall–Kier alpha value is -1.75. The lowest BCUT2D eigenvalue weighted by molar-refractivity contribution is -0.134. The summed E-state index contributed by atoms with van der Waals surface area (Å²) >= 11 is 1.67. The van der Waals surface area contributed by atoms with Gasteiger partial charge in [0.05, 0.1) is 12.5 Å². The lowest BCUT2D eigenvalue weighted by Crippen LogP contribution is -2.39. The van der Waals surface area contributed by atoms with Gasteiger partial charge in [0.25, 0.3) is 0 Å². The summed E-state index contributed by atoms with van der Waals surface area (Å²) in [7, 11) is 0. The minimum Gasteiger partial charge on any atom is -0.333 e. The predicted octanol–water partition coefficient (Wildman–Crippen LogP) is 3.14. The number of likely N-dealkylation sites (tertiary alicyclic amines) is 1. The molecule has 4 nitrogen and oxygen atoms in total. The van der Waals surface area contributed by atoms with E-state index < -0.39 is 0 Å². The molecular formula is C16H19N3OS. The van der Waals surface area contributed by atoms with Gasteiger partial charge in [0, 0.05) is 30.0 Å². The number of thiazole rings is 1. The second-order valence-corrected chi connectivity index (χ2v) is 6.35. The van der Waals surface area contributed by atoms with Gasteiger partial charge in [0.15, 0.2) is 0 Å². The first-order valence-electron chi connectivity index (χ1n) is 7.34. The number of aryl methyl sites for hydroxylation is 1. The Labute approximate surface area is 128 Å². The van der Waals surface area contributed by atoms with Crippen LogP contribution in [-0.2, 0) is 11.2 Å². The van der Waals surface area contributed by atoms with Crippen LogP contribution in [0, 0.1) is 6.92 Å². The van der Waals surface area contributed by atoms with Crippen molar-refractivity contribution in [3.05, 3.63) is 46.2 Å². The van der Waals surface area contributed by atoms with Gasteiger partial charge in [0.2, 0.25) is 5.91 Å². The molecule has 0 unspecified atom stereocenters. The Morgan fingerprint density at radius 2 is 2.38 bits per heavy atom. The summed E-state index contributed by atoms with van der Waals surface area (Å²) in [5.74, 6) is 0.181. The van der Waals surface area contributed by atoms with Gasteiger partial charge in [-0.1, -0.05) is 6.07 Å². The third-order valence-electron chi connectivity index (χ3n) is 3.82. The lowest BCUT2D eigenvalue weighted by Gasteiger charge is -2.34. The van der Waals surface area contributed by atoms with E-state index in [2.05, 4.69) is 15.3 Å².